The van der Waals surface area contributed by atoms with Crippen LogP contribution >= 0.6 is 15.9 Å². The second kappa shape index (κ2) is 5.85. The number of carbonyl (C=O) groups excluding carboxylic acids is 2. The molecule has 2 aromatic carbocycles. The Morgan fingerprint density at radius 1 is 1.21 bits per heavy atom. The summed E-state index contributed by atoms with van der Waals surface area (Å²) in [6, 6.07) is 12.1. The predicted octanol–water partition coefficient (Wildman–Crippen LogP) is 3.51. The first kappa shape index (κ1) is 17.3. The van der Waals surface area contributed by atoms with E-state index in [0.29, 0.717) is 34.3 Å². The first-order valence-corrected chi connectivity index (χ1v) is 9.62. The van der Waals surface area contributed by atoms with E-state index in [-0.39, 0.29) is 11.8 Å². The molecule has 0 unspecified atom stereocenters. The smallest absolute Gasteiger partial charge is 0.253 e. The Balaban J connectivity index is 1.60. The molecule has 0 saturated carbocycles. The highest BCUT2D eigenvalue weighted by atomic mass is 79.9. The largest absolute Gasteiger partial charge is 0.336 e. The summed E-state index contributed by atoms with van der Waals surface area (Å²) >= 11 is 3.23. The van der Waals surface area contributed by atoms with E-state index in [0.717, 1.165) is 10.9 Å². The number of halogens is 2. The van der Waals surface area contributed by atoms with Gasteiger partial charge in [-0.05, 0) is 34.1 Å². The molecule has 2 aliphatic heterocycles. The second-order valence-corrected chi connectivity index (χ2v) is 8.13. The van der Waals surface area contributed by atoms with E-state index in [9.17, 15) is 14.0 Å². The number of likely N-dealkylation sites (tertiary alicyclic amines) is 1. The van der Waals surface area contributed by atoms with Crippen molar-refractivity contribution in [1.82, 2.24) is 9.88 Å². The Bertz CT molecular complexity index is 1160. The number of pyridine rings is 1. The third kappa shape index (κ3) is 2.19. The van der Waals surface area contributed by atoms with E-state index < -0.39 is 11.2 Å². The van der Waals surface area contributed by atoms with E-state index in [1.807, 2.05) is 18.2 Å². The molecule has 2 aliphatic rings. The van der Waals surface area contributed by atoms with Crippen LogP contribution in [0.3, 0.4) is 0 Å². The van der Waals surface area contributed by atoms with Crippen LogP contribution in [0.2, 0.25) is 0 Å². The van der Waals surface area contributed by atoms with Crippen LogP contribution in [0.1, 0.15) is 15.9 Å². The van der Waals surface area contributed by atoms with Gasteiger partial charge in [0.05, 0.1) is 21.9 Å². The van der Waals surface area contributed by atoms with Gasteiger partial charge in [0.25, 0.3) is 5.91 Å². The van der Waals surface area contributed by atoms with Gasteiger partial charge in [0.15, 0.2) is 0 Å². The molecule has 5 rings (SSSR count). The van der Waals surface area contributed by atoms with Crippen LogP contribution in [0.4, 0.5) is 10.1 Å². The Hall–Kier alpha value is -2.80. The molecule has 3 aromatic rings. The molecule has 0 bridgehead atoms. The van der Waals surface area contributed by atoms with Crippen LogP contribution in [-0.2, 0) is 10.2 Å². The van der Waals surface area contributed by atoms with Crippen molar-refractivity contribution < 1.29 is 14.0 Å². The number of aromatic nitrogens is 1. The van der Waals surface area contributed by atoms with Crippen molar-refractivity contribution in [3.63, 3.8) is 0 Å². The van der Waals surface area contributed by atoms with E-state index in [1.165, 1.54) is 6.07 Å². The van der Waals surface area contributed by atoms with Gasteiger partial charge in [-0.3, -0.25) is 14.6 Å². The fourth-order valence-electron chi connectivity index (χ4n) is 4.28. The summed E-state index contributed by atoms with van der Waals surface area (Å²) in [6.45, 7) is 0.593. The van der Waals surface area contributed by atoms with E-state index in [4.69, 9.17) is 0 Å². The van der Waals surface area contributed by atoms with Crippen molar-refractivity contribution >= 4 is 44.3 Å². The van der Waals surface area contributed by atoms with Gasteiger partial charge in [-0.15, -0.1) is 0 Å². The molecule has 2 amide bonds. The molecule has 1 saturated heterocycles. The van der Waals surface area contributed by atoms with Gasteiger partial charge in [-0.25, -0.2) is 4.39 Å². The number of benzene rings is 2. The number of hydrogen-bond donors (Lipinski definition) is 0. The van der Waals surface area contributed by atoms with Gasteiger partial charge in [-0.1, -0.05) is 18.2 Å². The number of nitrogens with zero attached hydrogens (tertiary/aromatic N) is 3. The summed E-state index contributed by atoms with van der Waals surface area (Å²) in [5.74, 6) is -0.559. The van der Waals surface area contributed by atoms with Crippen LogP contribution in [-0.4, -0.2) is 41.8 Å². The number of hydrogen-bond acceptors (Lipinski definition) is 3. The summed E-state index contributed by atoms with van der Waals surface area (Å²) in [6.07, 6.45) is 1.61. The molecule has 3 heterocycles. The molecule has 5 nitrogen and oxygen atoms in total. The summed E-state index contributed by atoms with van der Waals surface area (Å²) in [5.41, 5.74) is 1.81. The highest BCUT2D eigenvalue weighted by molar-refractivity contribution is 9.10. The zero-order chi connectivity index (χ0) is 19.6. The quantitative estimate of drug-likeness (QED) is 0.582. The maximum absolute atomic E-state index is 14.0. The minimum Gasteiger partial charge on any atom is -0.336 e. The molecule has 0 atom stereocenters. The average molecular weight is 440 g/mol. The van der Waals surface area contributed by atoms with Crippen LogP contribution in [0.15, 0.2) is 53.1 Å². The Morgan fingerprint density at radius 2 is 1.93 bits per heavy atom. The first-order valence-electron chi connectivity index (χ1n) is 8.83. The van der Waals surface area contributed by atoms with Crippen LogP contribution in [0.5, 0.6) is 0 Å². The number of rotatable bonds is 1. The fourth-order valence-corrected chi connectivity index (χ4v) is 4.62. The summed E-state index contributed by atoms with van der Waals surface area (Å²) in [7, 11) is 1.71. The molecule has 28 heavy (non-hydrogen) atoms. The molecule has 1 spiro atoms. The van der Waals surface area contributed by atoms with E-state index >= 15 is 0 Å². The summed E-state index contributed by atoms with van der Waals surface area (Å²) < 4.78 is 14.3. The molecule has 7 heteroatoms. The molecule has 0 aliphatic carbocycles. The summed E-state index contributed by atoms with van der Waals surface area (Å²) in [5, 5.41) is 0.732. The number of carbonyl (C=O) groups is 2. The van der Waals surface area contributed by atoms with E-state index in [1.54, 1.807) is 41.2 Å². The number of fused-ring (bicyclic) bond motifs is 4. The molecule has 1 aromatic heterocycles. The maximum atomic E-state index is 14.0. The van der Waals surface area contributed by atoms with E-state index in [2.05, 4.69) is 20.9 Å². The highest BCUT2D eigenvalue weighted by Crippen LogP contribution is 2.50. The monoisotopic (exact) mass is 439 g/mol. The fraction of sp³-hybridized carbons (Fsp3) is 0.190. The standard InChI is InChI=1S/C21H15BrFN3O2/c1-25-17-9-24-16-8-15(23)14(22)7-13(16)18(17)21(20(25)28)10-26(11-21)19(27)12-5-3-2-4-6-12/h2-9H,10-11H2,1H3. The number of anilines is 1. The molecule has 0 radical (unpaired) electrons. The van der Waals surface area contributed by atoms with Crippen molar-refractivity contribution in [2.75, 3.05) is 25.0 Å². The Labute approximate surface area is 168 Å². The molecular formula is C21H15BrFN3O2. The normalized spacial score (nSPS) is 17.2. The number of amides is 2. The predicted molar refractivity (Wildman–Crippen MR) is 107 cm³/mol. The van der Waals surface area contributed by atoms with Gasteiger partial charge in [0.2, 0.25) is 5.91 Å². The van der Waals surface area contributed by atoms with Crippen LogP contribution in [0.25, 0.3) is 10.9 Å². The topological polar surface area (TPSA) is 53.5 Å². The lowest BCUT2D eigenvalue weighted by molar-refractivity contribution is -0.127. The highest BCUT2D eigenvalue weighted by Gasteiger charge is 2.59. The minimum atomic E-state index is -0.813. The van der Waals surface area contributed by atoms with Gasteiger partial charge < -0.3 is 9.80 Å². The Morgan fingerprint density at radius 3 is 2.64 bits per heavy atom. The van der Waals surface area contributed by atoms with Crippen LogP contribution < -0.4 is 4.90 Å². The van der Waals surface area contributed by atoms with Gasteiger partial charge in [0.1, 0.15) is 11.2 Å². The minimum absolute atomic E-state index is 0.0608. The van der Waals surface area contributed by atoms with Gasteiger partial charge in [0, 0.05) is 42.7 Å². The SMILES string of the molecule is CN1C(=O)C2(CN(C(=O)c3ccccc3)C2)c2c1cnc1cc(F)c(Br)cc21. The second-order valence-electron chi connectivity index (χ2n) is 7.28. The third-order valence-corrected chi connectivity index (χ3v) is 6.28. The lowest BCUT2D eigenvalue weighted by Crippen LogP contribution is -2.65. The molecule has 1 fully saturated rings. The van der Waals surface area contributed by atoms with Crippen molar-refractivity contribution in [2.24, 2.45) is 0 Å². The third-order valence-electron chi connectivity index (χ3n) is 5.67. The van der Waals surface area contributed by atoms with Gasteiger partial charge >= 0.3 is 0 Å². The first-order chi connectivity index (χ1) is 13.4. The zero-order valence-corrected chi connectivity index (χ0v) is 16.5. The molecule has 0 N–H and O–H groups in total. The average Bonchev–Trinajstić information content (AvgIpc) is 2.90. The van der Waals surface area contributed by atoms with Crippen molar-refractivity contribution in [2.45, 2.75) is 5.41 Å². The molecular weight excluding hydrogens is 425 g/mol. The van der Waals surface area contributed by atoms with Crippen molar-refractivity contribution in [3.8, 4) is 0 Å². The van der Waals surface area contributed by atoms with Crippen LogP contribution in [0, 0.1) is 5.82 Å². The van der Waals surface area contributed by atoms with Gasteiger partial charge in [-0.2, -0.15) is 0 Å². The summed E-state index contributed by atoms with van der Waals surface area (Å²) in [4.78, 5) is 33.5. The number of likely N-dealkylation sites (N-methyl/N-ethyl adjacent to an activating group) is 1. The maximum Gasteiger partial charge on any atom is 0.253 e. The Kier molecular flexibility index (Phi) is 3.61. The lowest BCUT2D eigenvalue weighted by atomic mass is 9.73. The van der Waals surface area contributed by atoms with Crippen molar-refractivity contribution in [1.29, 1.82) is 0 Å². The zero-order valence-electron chi connectivity index (χ0n) is 14.9. The molecule has 140 valence electrons. The van der Waals surface area contributed by atoms with Crippen molar-refractivity contribution in [3.05, 3.63) is 70.1 Å². The lowest BCUT2D eigenvalue weighted by Gasteiger charge is -2.47.